The maximum atomic E-state index is 12.2. The molecule has 1 aromatic carbocycles. The number of rotatable bonds is 3. The Kier molecular flexibility index (Phi) is 5.46. The third-order valence-corrected chi connectivity index (χ3v) is 4.71. The van der Waals surface area contributed by atoms with E-state index in [2.05, 4.69) is 49.1 Å². The van der Waals surface area contributed by atoms with E-state index in [9.17, 15) is 4.79 Å². The number of nitrogens with zero attached hydrogens (tertiary/aromatic N) is 2. The maximum absolute atomic E-state index is 12.2. The van der Waals surface area contributed by atoms with Gasteiger partial charge in [0.25, 0.3) is 0 Å². The Balaban J connectivity index is 1.94. The van der Waals surface area contributed by atoms with Crippen molar-refractivity contribution in [3.05, 3.63) is 26.6 Å². The summed E-state index contributed by atoms with van der Waals surface area (Å²) in [4.78, 5) is 16.3. The summed E-state index contributed by atoms with van der Waals surface area (Å²) in [5.74, 6) is 0.150. The van der Waals surface area contributed by atoms with Crippen molar-refractivity contribution in [3.63, 3.8) is 0 Å². The van der Waals surface area contributed by atoms with Gasteiger partial charge in [-0.25, -0.2) is 0 Å². The Labute approximate surface area is 136 Å². The number of carbonyl (C=O) groups is 1. The molecule has 1 aliphatic rings. The lowest BCUT2D eigenvalue weighted by Gasteiger charge is -2.32. The lowest BCUT2D eigenvalue weighted by Crippen LogP contribution is -2.48. The highest BCUT2D eigenvalue weighted by Crippen LogP contribution is 2.32. The smallest absolute Gasteiger partial charge is 0.241 e. The van der Waals surface area contributed by atoms with Crippen molar-refractivity contribution in [2.45, 2.75) is 6.92 Å². The molecule has 2 rings (SSSR count). The molecule has 0 saturated carbocycles. The normalized spacial score (nSPS) is 16.3. The van der Waals surface area contributed by atoms with E-state index < -0.39 is 0 Å². The minimum atomic E-state index is 0.150. The summed E-state index contributed by atoms with van der Waals surface area (Å²) < 4.78 is 1.94. The molecule has 0 aliphatic carbocycles. The third kappa shape index (κ3) is 3.96. The maximum Gasteiger partial charge on any atom is 0.241 e. The lowest BCUT2D eigenvalue weighted by molar-refractivity contribution is -0.130. The number of hydrogen-bond acceptors (Lipinski definition) is 3. The van der Waals surface area contributed by atoms with Gasteiger partial charge in [0.1, 0.15) is 0 Å². The highest BCUT2D eigenvalue weighted by molar-refractivity contribution is 9.11. The average Bonchev–Trinajstić information content (AvgIpc) is 2.38. The minimum Gasteiger partial charge on any atom is -0.374 e. The molecular weight excluding hydrogens is 386 g/mol. The Morgan fingerprint density at radius 1 is 1.20 bits per heavy atom. The van der Waals surface area contributed by atoms with E-state index in [1.54, 1.807) is 0 Å². The van der Waals surface area contributed by atoms with Crippen molar-refractivity contribution in [1.82, 2.24) is 9.80 Å². The summed E-state index contributed by atoms with van der Waals surface area (Å²) in [6.45, 7) is 5.88. The zero-order chi connectivity index (χ0) is 14.7. The number of carbonyl (C=O) groups excluding carboxylic acids is 1. The number of aryl methyl sites for hydroxylation is 1. The van der Waals surface area contributed by atoms with Gasteiger partial charge in [0.15, 0.2) is 0 Å². The minimum absolute atomic E-state index is 0.150. The molecule has 0 unspecified atom stereocenters. The molecule has 110 valence electrons. The molecular formula is C14H19Br2N3O. The Morgan fingerprint density at radius 2 is 1.75 bits per heavy atom. The van der Waals surface area contributed by atoms with Crippen LogP contribution in [0.15, 0.2) is 21.1 Å². The van der Waals surface area contributed by atoms with Crippen molar-refractivity contribution >= 4 is 43.5 Å². The van der Waals surface area contributed by atoms with E-state index in [0.29, 0.717) is 6.54 Å². The van der Waals surface area contributed by atoms with Crippen LogP contribution < -0.4 is 5.32 Å². The largest absolute Gasteiger partial charge is 0.374 e. The summed E-state index contributed by atoms with van der Waals surface area (Å²) in [6.07, 6.45) is 0. The summed E-state index contributed by atoms with van der Waals surface area (Å²) in [7, 11) is 2.08. The highest BCUT2D eigenvalue weighted by Gasteiger charge is 2.19. The van der Waals surface area contributed by atoms with E-state index in [0.717, 1.165) is 40.8 Å². The van der Waals surface area contributed by atoms with Crippen LogP contribution in [0.3, 0.4) is 0 Å². The number of piperazine rings is 1. The highest BCUT2D eigenvalue weighted by atomic mass is 79.9. The molecule has 20 heavy (non-hydrogen) atoms. The fraction of sp³-hybridized carbons (Fsp3) is 0.500. The van der Waals surface area contributed by atoms with Gasteiger partial charge in [0.05, 0.1) is 12.2 Å². The van der Waals surface area contributed by atoms with Crippen molar-refractivity contribution in [1.29, 1.82) is 0 Å². The summed E-state index contributed by atoms with van der Waals surface area (Å²) in [5, 5.41) is 3.22. The molecule has 1 aromatic rings. The molecule has 1 N–H and O–H groups in total. The zero-order valence-electron chi connectivity index (χ0n) is 11.7. The van der Waals surface area contributed by atoms with Crippen LogP contribution in [0.1, 0.15) is 5.56 Å². The summed E-state index contributed by atoms with van der Waals surface area (Å²) in [6, 6.07) is 4.07. The second-order valence-electron chi connectivity index (χ2n) is 5.14. The van der Waals surface area contributed by atoms with Gasteiger partial charge in [-0.15, -0.1) is 0 Å². The average molecular weight is 405 g/mol. The van der Waals surface area contributed by atoms with E-state index >= 15 is 0 Å². The quantitative estimate of drug-likeness (QED) is 0.841. The van der Waals surface area contributed by atoms with Gasteiger partial charge < -0.3 is 15.1 Å². The predicted molar refractivity (Wildman–Crippen MR) is 89.1 cm³/mol. The van der Waals surface area contributed by atoms with E-state index in [1.165, 1.54) is 5.56 Å². The van der Waals surface area contributed by atoms with Crippen LogP contribution in [0.25, 0.3) is 0 Å². The molecule has 0 aromatic heterocycles. The second-order valence-corrected chi connectivity index (χ2v) is 6.85. The van der Waals surface area contributed by atoms with E-state index in [4.69, 9.17) is 0 Å². The van der Waals surface area contributed by atoms with E-state index in [1.807, 2.05) is 24.0 Å². The Morgan fingerprint density at radius 3 is 2.30 bits per heavy atom. The van der Waals surface area contributed by atoms with Gasteiger partial charge in [-0.1, -0.05) is 0 Å². The number of halogens is 2. The molecule has 6 heteroatoms. The fourth-order valence-corrected chi connectivity index (χ4v) is 3.90. The predicted octanol–water partition coefficient (Wildman–Crippen LogP) is 2.71. The van der Waals surface area contributed by atoms with Crippen LogP contribution >= 0.6 is 31.9 Å². The number of likely N-dealkylation sites (N-methyl/N-ethyl adjacent to an activating group) is 1. The van der Waals surface area contributed by atoms with Gasteiger partial charge in [0, 0.05) is 35.1 Å². The van der Waals surface area contributed by atoms with Crippen molar-refractivity contribution in [2.75, 3.05) is 45.1 Å². The zero-order valence-corrected chi connectivity index (χ0v) is 14.9. The SMILES string of the molecule is Cc1cc(Br)c(NCC(=O)N2CCN(C)CC2)c(Br)c1. The number of hydrogen-bond donors (Lipinski definition) is 1. The Bertz CT molecular complexity index is 476. The van der Waals surface area contributed by atoms with Crippen LogP contribution in [-0.2, 0) is 4.79 Å². The molecule has 1 fully saturated rings. The van der Waals surface area contributed by atoms with Crippen LogP contribution in [0, 0.1) is 6.92 Å². The molecule has 1 saturated heterocycles. The second kappa shape index (κ2) is 6.91. The molecule has 1 heterocycles. The van der Waals surface area contributed by atoms with Gasteiger partial charge >= 0.3 is 0 Å². The third-order valence-electron chi connectivity index (χ3n) is 3.46. The number of anilines is 1. The molecule has 0 radical (unpaired) electrons. The summed E-state index contributed by atoms with van der Waals surface area (Å²) >= 11 is 7.06. The van der Waals surface area contributed by atoms with Gasteiger partial charge in [-0.05, 0) is 63.5 Å². The fourth-order valence-electron chi connectivity index (χ4n) is 2.20. The Hall–Kier alpha value is -0.590. The van der Waals surface area contributed by atoms with E-state index in [-0.39, 0.29) is 5.91 Å². The van der Waals surface area contributed by atoms with Crippen LogP contribution in [0.4, 0.5) is 5.69 Å². The number of amides is 1. The first-order valence-corrected chi connectivity index (χ1v) is 8.22. The number of nitrogens with one attached hydrogen (secondary N) is 1. The van der Waals surface area contributed by atoms with Gasteiger partial charge in [-0.3, -0.25) is 4.79 Å². The van der Waals surface area contributed by atoms with Crippen LogP contribution in [-0.4, -0.2) is 55.5 Å². The standard InChI is InChI=1S/C14H19Br2N3O/c1-10-7-11(15)14(12(16)8-10)17-9-13(20)19-5-3-18(2)4-6-19/h7-8,17H,3-6,9H2,1-2H3. The van der Waals surface area contributed by atoms with Crippen LogP contribution in [0.2, 0.25) is 0 Å². The van der Waals surface area contributed by atoms with Crippen molar-refractivity contribution < 1.29 is 4.79 Å². The lowest BCUT2D eigenvalue weighted by atomic mass is 10.2. The van der Waals surface area contributed by atoms with Crippen LogP contribution in [0.5, 0.6) is 0 Å². The molecule has 0 bridgehead atoms. The number of benzene rings is 1. The first kappa shape index (κ1) is 15.8. The first-order chi connectivity index (χ1) is 9.47. The van der Waals surface area contributed by atoms with Gasteiger partial charge in [0.2, 0.25) is 5.91 Å². The summed E-state index contributed by atoms with van der Waals surface area (Å²) in [5.41, 5.74) is 2.10. The van der Waals surface area contributed by atoms with Crippen molar-refractivity contribution in [2.24, 2.45) is 0 Å². The first-order valence-electron chi connectivity index (χ1n) is 6.63. The molecule has 4 nitrogen and oxygen atoms in total. The van der Waals surface area contributed by atoms with Gasteiger partial charge in [-0.2, -0.15) is 0 Å². The molecule has 0 atom stereocenters. The van der Waals surface area contributed by atoms with Crippen molar-refractivity contribution in [3.8, 4) is 0 Å². The molecule has 0 spiro atoms. The molecule has 1 aliphatic heterocycles. The monoisotopic (exact) mass is 403 g/mol. The topological polar surface area (TPSA) is 35.6 Å². The molecule has 1 amide bonds.